The Labute approximate surface area is 198 Å². The Kier molecular flexibility index (Phi) is 10.4. The highest BCUT2D eigenvalue weighted by molar-refractivity contribution is 14.0. The molecule has 3 N–H and O–H groups in total. The van der Waals surface area contributed by atoms with Gasteiger partial charge in [0.25, 0.3) is 0 Å². The van der Waals surface area contributed by atoms with Gasteiger partial charge in [0.2, 0.25) is 0 Å². The van der Waals surface area contributed by atoms with E-state index in [2.05, 4.69) is 83.7 Å². The van der Waals surface area contributed by atoms with E-state index >= 15 is 0 Å². The van der Waals surface area contributed by atoms with Gasteiger partial charge in [-0.25, -0.2) is 0 Å². The van der Waals surface area contributed by atoms with Crippen molar-refractivity contribution in [1.29, 1.82) is 0 Å². The molecule has 0 saturated carbocycles. The lowest BCUT2D eigenvalue weighted by Gasteiger charge is -2.39. The number of hydrogen-bond donors (Lipinski definition) is 3. The molecular formula is C23H39IN6. The van der Waals surface area contributed by atoms with Crippen molar-refractivity contribution in [2.45, 2.75) is 33.2 Å². The number of H-pyrrole nitrogens is 1. The first-order valence-corrected chi connectivity index (χ1v) is 11.1. The molecule has 7 heteroatoms. The fraction of sp³-hybridized carbons (Fsp3) is 0.609. The fourth-order valence-corrected chi connectivity index (χ4v) is 4.08. The van der Waals surface area contributed by atoms with Gasteiger partial charge in [0.1, 0.15) is 0 Å². The number of nitrogens with one attached hydrogen (secondary N) is 3. The Hall–Kier alpha value is -1.32. The number of piperazine rings is 1. The van der Waals surface area contributed by atoms with Crippen LogP contribution in [0.4, 0.5) is 0 Å². The van der Waals surface area contributed by atoms with E-state index in [9.17, 15) is 0 Å². The summed E-state index contributed by atoms with van der Waals surface area (Å²) in [5.74, 6) is 1.52. The van der Waals surface area contributed by atoms with Crippen molar-refractivity contribution in [3.05, 3.63) is 36.0 Å². The molecule has 1 saturated heterocycles. The lowest BCUT2D eigenvalue weighted by Crippen LogP contribution is -2.52. The molecule has 0 amide bonds. The molecule has 168 valence electrons. The number of rotatable bonds is 8. The molecule has 0 spiro atoms. The van der Waals surface area contributed by atoms with Crippen molar-refractivity contribution in [2.24, 2.45) is 10.9 Å². The monoisotopic (exact) mass is 526 g/mol. The zero-order chi connectivity index (χ0) is 20.6. The van der Waals surface area contributed by atoms with Crippen LogP contribution in [0.1, 0.15) is 26.3 Å². The number of aromatic amines is 1. The number of hydrogen-bond acceptors (Lipinski definition) is 3. The van der Waals surface area contributed by atoms with E-state index in [1.54, 1.807) is 0 Å². The van der Waals surface area contributed by atoms with Crippen LogP contribution in [0.25, 0.3) is 10.9 Å². The Morgan fingerprint density at radius 3 is 2.57 bits per heavy atom. The number of aromatic nitrogens is 1. The molecule has 1 atom stereocenters. The first kappa shape index (κ1) is 24.9. The van der Waals surface area contributed by atoms with Crippen LogP contribution in [0.15, 0.2) is 35.5 Å². The van der Waals surface area contributed by atoms with Crippen LogP contribution < -0.4 is 10.6 Å². The van der Waals surface area contributed by atoms with Crippen LogP contribution >= 0.6 is 24.0 Å². The largest absolute Gasteiger partial charge is 0.361 e. The second-order valence-electron chi connectivity index (χ2n) is 8.41. The Morgan fingerprint density at radius 1 is 1.13 bits per heavy atom. The highest BCUT2D eigenvalue weighted by atomic mass is 127. The summed E-state index contributed by atoms with van der Waals surface area (Å²) in [7, 11) is 2.21. The smallest absolute Gasteiger partial charge is 0.191 e. The van der Waals surface area contributed by atoms with Gasteiger partial charge in [0.05, 0.1) is 6.54 Å². The summed E-state index contributed by atoms with van der Waals surface area (Å²) in [6, 6.07) is 8.98. The maximum atomic E-state index is 4.94. The number of aliphatic imine (C=N–C) groups is 1. The summed E-state index contributed by atoms with van der Waals surface area (Å²) >= 11 is 0. The molecule has 3 rings (SSSR count). The van der Waals surface area contributed by atoms with E-state index in [0.29, 0.717) is 12.0 Å². The lowest BCUT2D eigenvalue weighted by atomic mass is 10.0. The van der Waals surface area contributed by atoms with E-state index in [-0.39, 0.29) is 24.0 Å². The van der Waals surface area contributed by atoms with Crippen LogP contribution in [0.5, 0.6) is 0 Å². The maximum absolute atomic E-state index is 4.94. The first-order valence-electron chi connectivity index (χ1n) is 11.1. The molecular weight excluding hydrogens is 487 g/mol. The standard InChI is InChI=1S/C23H38N6.HI/c1-5-24-23(25-11-10-19-16-26-21-9-7-6-8-20(19)21)27-17-22(18(2)3)29-14-12-28(4)13-15-29;/h6-9,16,18,22,26H,5,10-15,17H2,1-4H3,(H2,24,25,27);1H. The van der Waals surface area contributed by atoms with Crippen molar-refractivity contribution < 1.29 is 0 Å². The number of para-hydroxylation sites is 1. The van der Waals surface area contributed by atoms with E-state index in [1.807, 2.05) is 0 Å². The molecule has 1 unspecified atom stereocenters. The van der Waals surface area contributed by atoms with E-state index in [0.717, 1.165) is 58.2 Å². The van der Waals surface area contributed by atoms with Crippen molar-refractivity contribution in [3.8, 4) is 0 Å². The zero-order valence-corrected chi connectivity index (χ0v) is 21.3. The quantitative estimate of drug-likeness (QED) is 0.281. The Bertz CT molecular complexity index is 779. The van der Waals surface area contributed by atoms with Crippen molar-refractivity contribution in [1.82, 2.24) is 25.4 Å². The molecule has 1 aliphatic rings. The molecule has 2 heterocycles. The van der Waals surface area contributed by atoms with Gasteiger partial charge in [-0.1, -0.05) is 32.0 Å². The molecule has 6 nitrogen and oxygen atoms in total. The van der Waals surface area contributed by atoms with Crippen LogP contribution in [-0.2, 0) is 6.42 Å². The molecule has 30 heavy (non-hydrogen) atoms. The van der Waals surface area contributed by atoms with Crippen LogP contribution in [0.2, 0.25) is 0 Å². The average molecular weight is 527 g/mol. The minimum Gasteiger partial charge on any atom is -0.361 e. The van der Waals surface area contributed by atoms with Crippen molar-refractivity contribution in [3.63, 3.8) is 0 Å². The second-order valence-corrected chi connectivity index (χ2v) is 8.41. The molecule has 1 aromatic heterocycles. The number of guanidine groups is 1. The third-order valence-electron chi connectivity index (χ3n) is 5.92. The maximum Gasteiger partial charge on any atom is 0.191 e. The topological polar surface area (TPSA) is 58.7 Å². The number of halogens is 1. The van der Waals surface area contributed by atoms with E-state index in [4.69, 9.17) is 4.99 Å². The molecule has 2 aromatic rings. The molecule has 0 radical (unpaired) electrons. The highest BCUT2D eigenvalue weighted by Gasteiger charge is 2.24. The van der Waals surface area contributed by atoms with Gasteiger partial charge in [0.15, 0.2) is 5.96 Å². The second kappa shape index (κ2) is 12.5. The van der Waals surface area contributed by atoms with E-state index in [1.165, 1.54) is 16.5 Å². The van der Waals surface area contributed by atoms with Crippen molar-refractivity contribution in [2.75, 3.05) is 52.9 Å². The number of benzene rings is 1. The van der Waals surface area contributed by atoms with Gasteiger partial charge in [-0.2, -0.15) is 0 Å². The first-order chi connectivity index (χ1) is 14.1. The molecule has 0 bridgehead atoms. The number of likely N-dealkylation sites (N-methyl/N-ethyl adjacent to an activating group) is 1. The minimum absolute atomic E-state index is 0. The lowest BCUT2D eigenvalue weighted by molar-refractivity contribution is 0.0925. The van der Waals surface area contributed by atoms with Gasteiger partial charge >= 0.3 is 0 Å². The minimum atomic E-state index is 0. The normalized spacial score (nSPS) is 17.2. The number of nitrogens with zero attached hydrogens (tertiary/aromatic N) is 3. The van der Waals surface area contributed by atoms with Crippen LogP contribution in [0.3, 0.4) is 0 Å². The molecule has 0 aliphatic carbocycles. The summed E-state index contributed by atoms with van der Waals surface area (Å²) in [6.07, 6.45) is 3.10. The summed E-state index contributed by atoms with van der Waals surface area (Å²) in [6.45, 7) is 13.9. The highest BCUT2D eigenvalue weighted by Crippen LogP contribution is 2.17. The molecule has 1 aliphatic heterocycles. The van der Waals surface area contributed by atoms with Crippen LogP contribution in [-0.4, -0.2) is 79.6 Å². The Balaban J connectivity index is 0.00000320. The van der Waals surface area contributed by atoms with Gasteiger partial charge in [-0.05, 0) is 37.9 Å². The summed E-state index contributed by atoms with van der Waals surface area (Å²) < 4.78 is 0. The van der Waals surface area contributed by atoms with E-state index < -0.39 is 0 Å². The van der Waals surface area contributed by atoms with Gasteiger partial charge in [0, 0.05) is 62.4 Å². The predicted octanol–water partition coefficient (Wildman–Crippen LogP) is 3.16. The van der Waals surface area contributed by atoms with Crippen molar-refractivity contribution >= 4 is 40.8 Å². The summed E-state index contributed by atoms with van der Waals surface area (Å²) in [5, 5.41) is 8.25. The number of fused-ring (bicyclic) bond motifs is 1. The van der Waals surface area contributed by atoms with Gasteiger partial charge in [-0.3, -0.25) is 9.89 Å². The Morgan fingerprint density at radius 2 is 1.87 bits per heavy atom. The molecule has 1 aromatic carbocycles. The predicted molar refractivity (Wildman–Crippen MR) is 139 cm³/mol. The third-order valence-corrected chi connectivity index (χ3v) is 5.92. The molecule has 1 fully saturated rings. The van der Waals surface area contributed by atoms with Gasteiger partial charge in [-0.15, -0.1) is 24.0 Å². The summed E-state index contributed by atoms with van der Waals surface area (Å²) in [5.41, 5.74) is 2.55. The SMILES string of the molecule is CCNC(=NCC(C(C)C)N1CCN(C)CC1)NCCc1c[nH]c2ccccc12.I. The summed E-state index contributed by atoms with van der Waals surface area (Å²) in [4.78, 5) is 13.3. The van der Waals surface area contributed by atoms with Gasteiger partial charge < -0.3 is 20.5 Å². The third kappa shape index (κ3) is 6.85. The fourth-order valence-electron chi connectivity index (χ4n) is 4.08. The van der Waals surface area contributed by atoms with Crippen LogP contribution in [0, 0.1) is 5.92 Å². The average Bonchev–Trinajstić information content (AvgIpc) is 3.12. The zero-order valence-electron chi connectivity index (χ0n) is 18.9.